The number of benzene rings is 1. The van der Waals surface area contributed by atoms with Gasteiger partial charge in [0.1, 0.15) is 0 Å². The summed E-state index contributed by atoms with van der Waals surface area (Å²) >= 11 is 0. The van der Waals surface area contributed by atoms with Gasteiger partial charge in [0.15, 0.2) is 0 Å². The van der Waals surface area contributed by atoms with Crippen molar-refractivity contribution in [3.8, 4) is 11.1 Å². The molecule has 0 radical (unpaired) electrons. The average molecular weight is 314 g/mol. The molecule has 1 atom stereocenters. The summed E-state index contributed by atoms with van der Waals surface area (Å²) in [7, 11) is 0. The maximum atomic E-state index is 12.0. The molecule has 1 aromatic carbocycles. The molecule has 2 rings (SSSR count). The molecule has 2 aromatic rings. The molecular weight excluding hydrogens is 292 g/mol. The predicted molar refractivity (Wildman–Crippen MR) is 89.2 cm³/mol. The first-order valence-corrected chi connectivity index (χ1v) is 7.67. The summed E-state index contributed by atoms with van der Waals surface area (Å²) in [5, 5.41) is 12.3. The molecule has 0 bridgehead atoms. The number of carbonyl (C=O) groups excluding carboxylic acids is 1. The number of aliphatic hydroxyl groups excluding tert-OH is 1. The summed E-state index contributed by atoms with van der Waals surface area (Å²) in [4.78, 5) is 16.3. The van der Waals surface area contributed by atoms with E-state index in [2.05, 4.69) is 10.3 Å². The first kappa shape index (κ1) is 17.1. The van der Waals surface area contributed by atoms with E-state index in [0.717, 1.165) is 16.8 Å². The Labute approximate surface area is 136 Å². The van der Waals surface area contributed by atoms with Crippen LogP contribution in [0.2, 0.25) is 0 Å². The van der Waals surface area contributed by atoms with Crippen molar-refractivity contribution < 1.29 is 14.6 Å². The Hall–Kier alpha value is -2.24. The van der Waals surface area contributed by atoms with Crippen LogP contribution in [0.4, 0.5) is 0 Å². The highest BCUT2D eigenvalue weighted by atomic mass is 16.5. The van der Waals surface area contributed by atoms with Crippen molar-refractivity contribution in [2.75, 3.05) is 19.8 Å². The molecule has 23 heavy (non-hydrogen) atoms. The zero-order valence-electron chi connectivity index (χ0n) is 13.5. The lowest BCUT2D eigenvalue weighted by Gasteiger charge is -2.12. The van der Waals surface area contributed by atoms with Crippen LogP contribution in [-0.2, 0) is 4.74 Å². The van der Waals surface area contributed by atoms with E-state index < -0.39 is 6.10 Å². The van der Waals surface area contributed by atoms with Gasteiger partial charge in [-0.1, -0.05) is 18.2 Å². The fraction of sp³-hybridized carbons (Fsp3) is 0.333. The second kappa shape index (κ2) is 8.41. The minimum atomic E-state index is -0.697. The standard InChI is InChI=1S/C18H22N2O3/c1-3-23-12-17(21)11-20-18(22)15-8-6-14(7-9-15)16-5-4-13(2)19-10-16/h4-10,17,21H,3,11-12H2,1-2H3,(H,20,22). The van der Waals surface area contributed by atoms with E-state index in [1.807, 2.05) is 44.3 Å². The quantitative estimate of drug-likeness (QED) is 0.822. The second-order valence-electron chi connectivity index (χ2n) is 5.29. The largest absolute Gasteiger partial charge is 0.389 e. The minimum Gasteiger partial charge on any atom is -0.389 e. The van der Waals surface area contributed by atoms with E-state index in [1.54, 1.807) is 12.1 Å². The van der Waals surface area contributed by atoms with Gasteiger partial charge in [-0.15, -0.1) is 0 Å². The molecule has 0 saturated carbocycles. The van der Waals surface area contributed by atoms with Crippen molar-refractivity contribution in [3.63, 3.8) is 0 Å². The smallest absolute Gasteiger partial charge is 0.251 e. The lowest BCUT2D eigenvalue weighted by Crippen LogP contribution is -2.34. The number of amides is 1. The number of ether oxygens (including phenoxy) is 1. The number of aromatic nitrogens is 1. The molecule has 122 valence electrons. The third-order valence-corrected chi connectivity index (χ3v) is 3.40. The average Bonchev–Trinajstić information content (AvgIpc) is 2.58. The van der Waals surface area contributed by atoms with Gasteiger partial charge < -0.3 is 15.2 Å². The molecule has 5 heteroatoms. The first-order chi connectivity index (χ1) is 11.1. The highest BCUT2D eigenvalue weighted by Crippen LogP contribution is 2.19. The van der Waals surface area contributed by atoms with Gasteiger partial charge in [0, 0.05) is 36.2 Å². The summed E-state index contributed by atoms with van der Waals surface area (Å²) < 4.78 is 5.10. The number of carbonyl (C=O) groups is 1. The Morgan fingerprint density at radius 2 is 1.91 bits per heavy atom. The van der Waals surface area contributed by atoms with Crippen LogP contribution in [-0.4, -0.2) is 41.9 Å². The Balaban J connectivity index is 1.93. The molecule has 0 aliphatic carbocycles. The molecule has 1 heterocycles. The fourth-order valence-electron chi connectivity index (χ4n) is 2.08. The highest BCUT2D eigenvalue weighted by molar-refractivity contribution is 5.94. The lowest BCUT2D eigenvalue weighted by atomic mass is 10.1. The molecule has 0 saturated heterocycles. The van der Waals surface area contributed by atoms with Crippen LogP contribution in [0.25, 0.3) is 11.1 Å². The maximum Gasteiger partial charge on any atom is 0.251 e. The molecule has 1 amide bonds. The maximum absolute atomic E-state index is 12.0. The van der Waals surface area contributed by atoms with Crippen LogP contribution in [0.1, 0.15) is 23.0 Å². The molecule has 0 aliphatic heterocycles. The highest BCUT2D eigenvalue weighted by Gasteiger charge is 2.09. The first-order valence-electron chi connectivity index (χ1n) is 7.67. The molecule has 5 nitrogen and oxygen atoms in total. The number of aliphatic hydroxyl groups is 1. The molecule has 1 unspecified atom stereocenters. The van der Waals surface area contributed by atoms with Gasteiger partial charge in [-0.25, -0.2) is 0 Å². The predicted octanol–water partition coefficient (Wildman–Crippen LogP) is 2.18. The van der Waals surface area contributed by atoms with Crippen molar-refractivity contribution >= 4 is 5.91 Å². The number of aryl methyl sites for hydroxylation is 1. The van der Waals surface area contributed by atoms with E-state index >= 15 is 0 Å². The number of pyridine rings is 1. The molecule has 0 spiro atoms. The molecule has 0 fully saturated rings. The lowest BCUT2D eigenvalue weighted by molar-refractivity contribution is 0.0418. The zero-order chi connectivity index (χ0) is 16.7. The van der Waals surface area contributed by atoms with Gasteiger partial charge in [0.05, 0.1) is 12.7 Å². The van der Waals surface area contributed by atoms with Crippen LogP contribution in [0.3, 0.4) is 0 Å². The fourth-order valence-corrected chi connectivity index (χ4v) is 2.08. The summed E-state index contributed by atoms with van der Waals surface area (Å²) in [6, 6.07) is 11.3. The molecule has 1 aromatic heterocycles. The normalized spacial score (nSPS) is 12.0. The van der Waals surface area contributed by atoms with Crippen LogP contribution in [0, 0.1) is 6.92 Å². The number of nitrogens with zero attached hydrogens (tertiary/aromatic N) is 1. The van der Waals surface area contributed by atoms with Gasteiger partial charge in [0.25, 0.3) is 5.91 Å². The minimum absolute atomic E-state index is 0.169. The Morgan fingerprint density at radius 3 is 2.52 bits per heavy atom. The zero-order valence-corrected chi connectivity index (χ0v) is 13.5. The Kier molecular flexibility index (Phi) is 6.26. The van der Waals surface area contributed by atoms with Crippen LogP contribution < -0.4 is 5.32 Å². The Bertz CT molecular complexity index is 624. The summed E-state index contributed by atoms with van der Waals surface area (Å²) in [5.41, 5.74) is 3.54. The molecule has 2 N–H and O–H groups in total. The van der Waals surface area contributed by atoms with Gasteiger partial charge in [-0.2, -0.15) is 0 Å². The number of hydrogen-bond acceptors (Lipinski definition) is 4. The third kappa shape index (κ3) is 5.16. The topological polar surface area (TPSA) is 71.5 Å². The van der Waals surface area contributed by atoms with E-state index in [-0.39, 0.29) is 19.1 Å². The van der Waals surface area contributed by atoms with Gasteiger partial charge in [-0.3, -0.25) is 9.78 Å². The summed E-state index contributed by atoms with van der Waals surface area (Å²) in [6.07, 6.45) is 1.12. The van der Waals surface area contributed by atoms with Crippen LogP contribution in [0.15, 0.2) is 42.6 Å². The van der Waals surface area contributed by atoms with E-state index in [1.165, 1.54) is 0 Å². The van der Waals surface area contributed by atoms with Crippen molar-refractivity contribution in [1.29, 1.82) is 0 Å². The Morgan fingerprint density at radius 1 is 1.22 bits per heavy atom. The van der Waals surface area contributed by atoms with Crippen molar-refractivity contribution in [2.24, 2.45) is 0 Å². The van der Waals surface area contributed by atoms with Gasteiger partial charge in [0.2, 0.25) is 0 Å². The van der Waals surface area contributed by atoms with Gasteiger partial charge in [-0.05, 0) is 37.6 Å². The summed E-state index contributed by atoms with van der Waals surface area (Å²) in [6.45, 7) is 4.73. The third-order valence-electron chi connectivity index (χ3n) is 3.40. The van der Waals surface area contributed by atoms with Crippen molar-refractivity contribution in [1.82, 2.24) is 10.3 Å². The monoisotopic (exact) mass is 314 g/mol. The van der Waals surface area contributed by atoms with E-state index in [4.69, 9.17) is 4.74 Å². The van der Waals surface area contributed by atoms with Crippen LogP contribution in [0.5, 0.6) is 0 Å². The van der Waals surface area contributed by atoms with E-state index in [9.17, 15) is 9.90 Å². The van der Waals surface area contributed by atoms with Crippen molar-refractivity contribution in [2.45, 2.75) is 20.0 Å². The van der Waals surface area contributed by atoms with Crippen molar-refractivity contribution in [3.05, 3.63) is 53.9 Å². The van der Waals surface area contributed by atoms with E-state index in [0.29, 0.717) is 12.2 Å². The molecule has 0 aliphatic rings. The number of hydrogen-bond donors (Lipinski definition) is 2. The second-order valence-corrected chi connectivity index (χ2v) is 5.29. The number of nitrogens with one attached hydrogen (secondary N) is 1. The van der Waals surface area contributed by atoms with Crippen LogP contribution >= 0.6 is 0 Å². The molecular formula is C18H22N2O3. The SMILES string of the molecule is CCOCC(O)CNC(=O)c1ccc(-c2ccc(C)nc2)cc1. The van der Waals surface area contributed by atoms with Gasteiger partial charge >= 0.3 is 0 Å². The summed E-state index contributed by atoms with van der Waals surface area (Å²) in [5.74, 6) is -0.214. The number of rotatable bonds is 7.